The lowest BCUT2D eigenvalue weighted by atomic mass is 9.88. The lowest BCUT2D eigenvalue weighted by molar-refractivity contribution is 0.0602. The molecular formula is C15H23N3O2S. The second-order valence-electron chi connectivity index (χ2n) is 5.41. The van der Waals surface area contributed by atoms with E-state index in [1.165, 1.54) is 39.2 Å². The van der Waals surface area contributed by atoms with Crippen molar-refractivity contribution in [3.8, 4) is 0 Å². The molecule has 2 rings (SSSR count). The molecule has 1 saturated carbocycles. The zero-order valence-corrected chi connectivity index (χ0v) is 13.5. The van der Waals surface area contributed by atoms with Gasteiger partial charge in [-0.05, 0) is 25.2 Å². The van der Waals surface area contributed by atoms with Crippen LogP contribution in [0.15, 0.2) is 12.3 Å². The molecule has 1 heterocycles. The highest BCUT2D eigenvalue weighted by Crippen LogP contribution is 2.38. The minimum atomic E-state index is -0.435. The standard InChI is InChI=1S/C15H23N3O2S/c1-20-14(19)11-6-9-17-13(12(11)16)18-10-15(21-2)7-4-3-5-8-15/h6,9H,3-5,7-8,10,16H2,1-2H3,(H,17,18). The lowest BCUT2D eigenvalue weighted by Crippen LogP contribution is -2.36. The van der Waals surface area contributed by atoms with Crippen LogP contribution in [0.2, 0.25) is 0 Å². The van der Waals surface area contributed by atoms with Crippen LogP contribution >= 0.6 is 11.8 Å². The summed E-state index contributed by atoms with van der Waals surface area (Å²) in [6.45, 7) is 0.815. The van der Waals surface area contributed by atoms with E-state index >= 15 is 0 Å². The number of hydrogen-bond donors (Lipinski definition) is 2. The molecule has 116 valence electrons. The van der Waals surface area contributed by atoms with Gasteiger partial charge in [-0.15, -0.1) is 0 Å². The zero-order chi connectivity index (χ0) is 15.3. The summed E-state index contributed by atoms with van der Waals surface area (Å²) >= 11 is 1.91. The number of methoxy groups -OCH3 is 1. The summed E-state index contributed by atoms with van der Waals surface area (Å²) in [7, 11) is 1.35. The number of pyridine rings is 1. The highest BCUT2D eigenvalue weighted by atomic mass is 32.2. The van der Waals surface area contributed by atoms with Gasteiger partial charge in [0.1, 0.15) is 5.82 Å². The third-order valence-electron chi connectivity index (χ3n) is 4.17. The molecule has 3 N–H and O–H groups in total. The maximum absolute atomic E-state index is 11.6. The van der Waals surface area contributed by atoms with Gasteiger partial charge in [0, 0.05) is 17.5 Å². The maximum Gasteiger partial charge on any atom is 0.340 e. The third kappa shape index (κ3) is 3.61. The van der Waals surface area contributed by atoms with Crippen LogP contribution in [0.5, 0.6) is 0 Å². The van der Waals surface area contributed by atoms with Crippen molar-refractivity contribution < 1.29 is 9.53 Å². The van der Waals surface area contributed by atoms with E-state index in [0.29, 0.717) is 17.1 Å². The molecule has 0 radical (unpaired) electrons. The number of aromatic nitrogens is 1. The molecule has 0 unspecified atom stereocenters. The molecule has 0 aromatic carbocycles. The average Bonchev–Trinajstić information content (AvgIpc) is 2.54. The van der Waals surface area contributed by atoms with Crippen molar-refractivity contribution in [1.29, 1.82) is 0 Å². The van der Waals surface area contributed by atoms with Crippen LogP contribution in [0, 0.1) is 0 Å². The van der Waals surface area contributed by atoms with Gasteiger partial charge in [0.15, 0.2) is 0 Å². The van der Waals surface area contributed by atoms with Crippen LogP contribution in [-0.4, -0.2) is 35.6 Å². The molecule has 1 aliphatic carbocycles. The number of nitrogens with two attached hydrogens (primary N) is 1. The molecule has 0 bridgehead atoms. The van der Waals surface area contributed by atoms with Crippen LogP contribution in [-0.2, 0) is 4.74 Å². The minimum Gasteiger partial charge on any atom is -0.465 e. The van der Waals surface area contributed by atoms with E-state index in [2.05, 4.69) is 16.6 Å². The third-order valence-corrected chi connectivity index (χ3v) is 5.59. The van der Waals surface area contributed by atoms with Gasteiger partial charge in [0.25, 0.3) is 0 Å². The summed E-state index contributed by atoms with van der Waals surface area (Å²) < 4.78 is 4.97. The number of nitrogen functional groups attached to an aromatic ring is 1. The first kappa shape index (κ1) is 15.9. The van der Waals surface area contributed by atoms with E-state index in [4.69, 9.17) is 10.5 Å². The molecular weight excluding hydrogens is 286 g/mol. The fourth-order valence-electron chi connectivity index (χ4n) is 2.80. The Bertz CT molecular complexity index is 502. The van der Waals surface area contributed by atoms with Crippen molar-refractivity contribution >= 4 is 29.2 Å². The molecule has 6 heteroatoms. The van der Waals surface area contributed by atoms with E-state index < -0.39 is 5.97 Å². The van der Waals surface area contributed by atoms with Gasteiger partial charge in [-0.2, -0.15) is 11.8 Å². The van der Waals surface area contributed by atoms with Crippen LogP contribution in [0.3, 0.4) is 0 Å². The SMILES string of the molecule is COC(=O)c1ccnc(NCC2(SC)CCCCC2)c1N. The fourth-order valence-corrected chi connectivity index (χ4v) is 3.71. The number of carbonyl (C=O) groups excluding carboxylic acids is 1. The summed E-state index contributed by atoms with van der Waals surface area (Å²) in [6, 6.07) is 1.58. The molecule has 1 aliphatic rings. The Morgan fingerprint density at radius 3 is 2.81 bits per heavy atom. The molecule has 1 aromatic heterocycles. The van der Waals surface area contributed by atoms with Gasteiger partial charge in [-0.3, -0.25) is 0 Å². The van der Waals surface area contributed by atoms with E-state index in [0.717, 1.165) is 6.54 Å². The lowest BCUT2D eigenvalue weighted by Gasteiger charge is -2.36. The molecule has 1 aromatic rings. The Balaban J connectivity index is 2.11. The summed E-state index contributed by atoms with van der Waals surface area (Å²) in [4.78, 5) is 15.9. The Morgan fingerprint density at radius 2 is 2.19 bits per heavy atom. The highest BCUT2D eigenvalue weighted by molar-refractivity contribution is 8.00. The number of carbonyl (C=O) groups is 1. The van der Waals surface area contributed by atoms with Crippen LogP contribution < -0.4 is 11.1 Å². The number of esters is 1. The molecule has 0 aliphatic heterocycles. The highest BCUT2D eigenvalue weighted by Gasteiger charge is 2.31. The topological polar surface area (TPSA) is 77.2 Å². The Morgan fingerprint density at radius 1 is 1.48 bits per heavy atom. The Labute approximate surface area is 130 Å². The van der Waals surface area contributed by atoms with Gasteiger partial charge < -0.3 is 15.8 Å². The smallest absolute Gasteiger partial charge is 0.340 e. The average molecular weight is 309 g/mol. The van der Waals surface area contributed by atoms with Crippen molar-refractivity contribution in [1.82, 2.24) is 4.98 Å². The quantitative estimate of drug-likeness (QED) is 0.814. The van der Waals surface area contributed by atoms with E-state index in [1.807, 2.05) is 11.8 Å². The van der Waals surface area contributed by atoms with Gasteiger partial charge >= 0.3 is 5.97 Å². The fraction of sp³-hybridized carbons (Fsp3) is 0.600. The normalized spacial score (nSPS) is 17.2. The predicted octanol–water partition coefficient (Wildman–Crippen LogP) is 2.93. The molecule has 0 spiro atoms. The van der Waals surface area contributed by atoms with Crippen molar-refractivity contribution in [2.45, 2.75) is 36.9 Å². The summed E-state index contributed by atoms with van der Waals surface area (Å²) in [5.74, 6) is 0.132. The van der Waals surface area contributed by atoms with Gasteiger partial charge in [0.05, 0.1) is 18.4 Å². The minimum absolute atomic E-state index is 0.244. The van der Waals surface area contributed by atoms with E-state index in [-0.39, 0.29) is 4.75 Å². The number of nitrogens with zero attached hydrogens (tertiary/aromatic N) is 1. The molecule has 0 atom stereocenters. The second kappa shape index (κ2) is 7.02. The summed E-state index contributed by atoms with van der Waals surface area (Å²) in [6.07, 6.45) is 10.0. The summed E-state index contributed by atoms with van der Waals surface area (Å²) in [5.41, 5.74) is 6.74. The Hall–Kier alpha value is -1.43. The first-order valence-electron chi connectivity index (χ1n) is 7.24. The largest absolute Gasteiger partial charge is 0.465 e. The maximum atomic E-state index is 11.6. The predicted molar refractivity (Wildman–Crippen MR) is 87.8 cm³/mol. The molecule has 1 fully saturated rings. The van der Waals surface area contributed by atoms with Crippen molar-refractivity contribution in [2.24, 2.45) is 0 Å². The first-order chi connectivity index (χ1) is 10.1. The number of nitrogens with one attached hydrogen (secondary N) is 1. The number of hydrogen-bond acceptors (Lipinski definition) is 6. The number of rotatable bonds is 5. The molecule has 21 heavy (non-hydrogen) atoms. The molecule has 5 nitrogen and oxygen atoms in total. The van der Waals surface area contributed by atoms with Gasteiger partial charge in [-0.25, -0.2) is 9.78 Å². The Kier molecular flexibility index (Phi) is 5.33. The number of anilines is 2. The summed E-state index contributed by atoms with van der Waals surface area (Å²) in [5, 5.41) is 3.33. The monoisotopic (exact) mass is 309 g/mol. The van der Waals surface area contributed by atoms with Crippen LogP contribution in [0.1, 0.15) is 42.5 Å². The molecule has 0 amide bonds. The second-order valence-corrected chi connectivity index (χ2v) is 6.69. The van der Waals surface area contributed by atoms with Crippen molar-refractivity contribution in [3.63, 3.8) is 0 Å². The van der Waals surface area contributed by atoms with E-state index in [1.54, 1.807) is 12.3 Å². The van der Waals surface area contributed by atoms with Crippen LogP contribution in [0.25, 0.3) is 0 Å². The van der Waals surface area contributed by atoms with E-state index in [9.17, 15) is 4.79 Å². The van der Waals surface area contributed by atoms with Crippen LogP contribution in [0.4, 0.5) is 11.5 Å². The molecule has 0 saturated heterocycles. The van der Waals surface area contributed by atoms with Gasteiger partial charge in [-0.1, -0.05) is 19.3 Å². The zero-order valence-electron chi connectivity index (χ0n) is 12.6. The number of thioether (sulfide) groups is 1. The number of ether oxygens (including phenoxy) is 1. The van der Waals surface area contributed by atoms with Crippen molar-refractivity contribution in [3.05, 3.63) is 17.8 Å². The first-order valence-corrected chi connectivity index (χ1v) is 8.46. The van der Waals surface area contributed by atoms with Crippen molar-refractivity contribution in [2.75, 3.05) is 31.0 Å². The van der Waals surface area contributed by atoms with Gasteiger partial charge in [0.2, 0.25) is 0 Å².